The van der Waals surface area contributed by atoms with Crippen molar-refractivity contribution in [1.29, 1.82) is 0 Å². The molecule has 1 aromatic carbocycles. The van der Waals surface area contributed by atoms with Gasteiger partial charge in [0.05, 0.1) is 11.1 Å². The molecular weight excluding hydrogens is 284 g/mol. The molecule has 110 valence electrons. The van der Waals surface area contributed by atoms with Gasteiger partial charge in [-0.25, -0.2) is 8.78 Å². The van der Waals surface area contributed by atoms with Crippen LogP contribution in [0.15, 0.2) is 18.2 Å². The molecule has 2 rings (SSSR count). The molecular formula is C15H18ClF2NO. The first-order chi connectivity index (χ1) is 9.47. The first-order valence-corrected chi connectivity index (χ1v) is 7.33. The van der Waals surface area contributed by atoms with E-state index in [9.17, 15) is 13.6 Å². The molecule has 0 radical (unpaired) electrons. The Labute approximate surface area is 122 Å². The van der Waals surface area contributed by atoms with Crippen LogP contribution in [0.4, 0.5) is 8.78 Å². The molecule has 1 aliphatic carbocycles. The second-order valence-electron chi connectivity index (χ2n) is 5.67. The van der Waals surface area contributed by atoms with E-state index in [-0.39, 0.29) is 11.4 Å². The molecule has 20 heavy (non-hydrogen) atoms. The van der Waals surface area contributed by atoms with Gasteiger partial charge in [0.2, 0.25) is 0 Å². The van der Waals surface area contributed by atoms with Gasteiger partial charge in [-0.2, -0.15) is 0 Å². The maximum absolute atomic E-state index is 13.6. The molecule has 0 aromatic heterocycles. The van der Waals surface area contributed by atoms with Gasteiger partial charge in [0.1, 0.15) is 0 Å². The van der Waals surface area contributed by atoms with Gasteiger partial charge in [0.25, 0.3) is 5.91 Å². The molecule has 1 fully saturated rings. The molecule has 1 amide bonds. The fraction of sp³-hybridized carbons (Fsp3) is 0.533. The quantitative estimate of drug-likeness (QED) is 0.843. The van der Waals surface area contributed by atoms with Crippen LogP contribution in [0.3, 0.4) is 0 Å². The van der Waals surface area contributed by atoms with Crippen molar-refractivity contribution in [2.75, 3.05) is 5.88 Å². The molecule has 0 aliphatic heterocycles. The summed E-state index contributed by atoms with van der Waals surface area (Å²) < 4.78 is 26.8. The van der Waals surface area contributed by atoms with Gasteiger partial charge in [0.15, 0.2) is 11.6 Å². The van der Waals surface area contributed by atoms with Crippen LogP contribution in [-0.2, 0) is 0 Å². The highest BCUT2D eigenvalue weighted by Gasteiger charge is 2.36. The molecule has 0 saturated heterocycles. The van der Waals surface area contributed by atoms with E-state index < -0.39 is 23.1 Å². The van der Waals surface area contributed by atoms with E-state index >= 15 is 0 Å². The summed E-state index contributed by atoms with van der Waals surface area (Å²) in [5.74, 6) is -2.00. The summed E-state index contributed by atoms with van der Waals surface area (Å²) in [6.45, 7) is 2.11. The third-order valence-electron chi connectivity index (χ3n) is 3.92. The highest BCUT2D eigenvalue weighted by Crippen LogP contribution is 2.33. The van der Waals surface area contributed by atoms with Crippen molar-refractivity contribution in [2.45, 2.75) is 38.1 Å². The third kappa shape index (κ3) is 3.11. The Bertz CT molecular complexity index is 509. The van der Waals surface area contributed by atoms with E-state index in [0.29, 0.717) is 5.92 Å². The van der Waals surface area contributed by atoms with E-state index in [0.717, 1.165) is 31.7 Å². The van der Waals surface area contributed by atoms with E-state index in [4.69, 9.17) is 11.6 Å². The molecule has 1 aliphatic rings. The molecule has 2 nitrogen and oxygen atoms in total. The lowest BCUT2D eigenvalue weighted by Crippen LogP contribution is -2.52. The average Bonchev–Trinajstić information content (AvgIpc) is 2.41. The largest absolute Gasteiger partial charge is 0.345 e. The summed E-state index contributed by atoms with van der Waals surface area (Å²) in [6.07, 6.45) is 3.60. The first kappa shape index (κ1) is 15.2. The first-order valence-electron chi connectivity index (χ1n) is 6.80. The van der Waals surface area contributed by atoms with Gasteiger partial charge >= 0.3 is 0 Å². The second kappa shape index (κ2) is 6.08. The highest BCUT2D eigenvalue weighted by molar-refractivity contribution is 6.19. The predicted molar refractivity (Wildman–Crippen MR) is 74.9 cm³/mol. The van der Waals surface area contributed by atoms with Crippen molar-refractivity contribution in [3.63, 3.8) is 0 Å². The average molecular weight is 302 g/mol. The zero-order valence-electron chi connectivity index (χ0n) is 11.4. The van der Waals surface area contributed by atoms with Gasteiger partial charge in [0, 0.05) is 5.88 Å². The number of alkyl halides is 1. The van der Waals surface area contributed by atoms with Crippen LogP contribution in [0.25, 0.3) is 0 Å². The summed E-state index contributed by atoms with van der Waals surface area (Å²) in [5, 5.41) is 2.82. The normalized spacial score (nSPS) is 26.3. The number of nitrogens with one attached hydrogen (secondary N) is 1. The highest BCUT2D eigenvalue weighted by atomic mass is 35.5. The maximum Gasteiger partial charge on any atom is 0.254 e. The Morgan fingerprint density at radius 3 is 2.90 bits per heavy atom. The summed E-state index contributed by atoms with van der Waals surface area (Å²) >= 11 is 6.02. The molecule has 0 bridgehead atoms. The van der Waals surface area contributed by atoms with Gasteiger partial charge in [-0.1, -0.05) is 25.8 Å². The molecule has 1 N–H and O–H groups in total. The lowest BCUT2D eigenvalue weighted by molar-refractivity contribution is 0.0862. The lowest BCUT2D eigenvalue weighted by atomic mass is 9.77. The molecule has 5 heteroatoms. The molecule has 2 unspecified atom stereocenters. The van der Waals surface area contributed by atoms with Crippen LogP contribution in [0.1, 0.15) is 43.0 Å². The van der Waals surface area contributed by atoms with E-state index in [2.05, 4.69) is 12.2 Å². The van der Waals surface area contributed by atoms with Crippen LogP contribution >= 0.6 is 11.6 Å². The zero-order valence-corrected chi connectivity index (χ0v) is 12.1. The second-order valence-corrected chi connectivity index (χ2v) is 5.94. The minimum Gasteiger partial charge on any atom is -0.345 e. The van der Waals surface area contributed by atoms with Crippen LogP contribution < -0.4 is 5.32 Å². The summed E-state index contributed by atoms with van der Waals surface area (Å²) in [5.41, 5.74) is -0.789. The Kier molecular flexibility index (Phi) is 4.63. The van der Waals surface area contributed by atoms with Gasteiger partial charge < -0.3 is 5.32 Å². The Morgan fingerprint density at radius 1 is 1.50 bits per heavy atom. The van der Waals surface area contributed by atoms with Crippen molar-refractivity contribution >= 4 is 17.5 Å². The van der Waals surface area contributed by atoms with E-state index in [1.165, 1.54) is 12.1 Å². The fourth-order valence-electron chi connectivity index (χ4n) is 2.92. The molecule has 0 heterocycles. The summed E-state index contributed by atoms with van der Waals surface area (Å²) in [6, 6.07) is 3.60. The van der Waals surface area contributed by atoms with Gasteiger partial charge in [-0.05, 0) is 30.9 Å². The SMILES string of the molecule is CC1CCCC(CCl)(NC(=O)c2cccc(F)c2F)C1. The van der Waals surface area contributed by atoms with Crippen molar-refractivity contribution < 1.29 is 13.6 Å². The Morgan fingerprint density at radius 2 is 2.25 bits per heavy atom. The molecule has 2 atom stereocenters. The maximum atomic E-state index is 13.6. The predicted octanol–water partition coefficient (Wildman–Crippen LogP) is 3.88. The van der Waals surface area contributed by atoms with Crippen molar-refractivity contribution in [1.82, 2.24) is 5.32 Å². The van der Waals surface area contributed by atoms with Crippen molar-refractivity contribution in [3.05, 3.63) is 35.4 Å². The molecule has 0 spiro atoms. The molecule has 1 aromatic rings. The Hall–Kier alpha value is -1.16. The number of hydrogen-bond donors (Lipinski definition) is 1. The lowest BCUT2D eigenvalue weighted by Gasteiger charge is -2.39. The molecule has 1 saturated carbocycles. The minimum absolute atomic E-state index is 0.271. The van der Waals surface area contributed by atoms with Crippen LogP contribution in [0.2, 0.25) is 0 Å². The topological polar surface area (TPSA) is 29.1 Å². The number of amides is 1. The summed E-state index contributed by atoms with van der Waals surface area (Å²) in [4.78, 5) is 12.2. The van der Waals surface area contributed by atoms with E-state index in [1.54, 1.807) is 0 Å². The van der Waals surface area contributed by atoms with E-state index in [1.807, 2.05) is 0 Å². The van der Waals surface area contributed by atoms with Gasteiger partial charge in [-0.15, -0.1) is 11.6 Å². The fourth-order valence-corrected chi connectivity index (χ4v) is 3.23. The summed E-state index contributed by atoms with van der Waals surface area (Å²) in [7, 11) is 0. The van der Waals surface area contributed by atoms with Crippen molar-refractivity contribution in [2.24, 2.45) is 5.92 Å². The third-order valence-corrected chi connectivity index (χ3v) is 4.43. The minimum atomic E-state index is -1.11. The zero-order chi connectivity index (χ0) is 14.8. The number of halogens is 3. The van der Waals surface area contributed by atoms with Gasteiger partial charge in [-0.3, -0.25) is 4.79 Å². The smallest absolute Gasteiger partial charge is 0.254 e. The van der Waals surface area contributed by atoms with Crippen molar-refractivity contribution in [3.8, 4) is 0 Å². The number of carbonyl (C=O) groups is 1. The number of rotatable bonds is 3. The number of benzene rings is 1. The number of hydrogen-bond acceptors (Lipinski definition) is 1. The standard InChI is InChI=1S/C15H18ClF2NO/c1-10-4-3-7-15(8-10,9-16)19-14(20)11-5-2-6-12(17)13(11)18/h2,5-6,10H,3-4,7-9H2,1H3,(H,19,20). The Balaban J connectivity index is 2.19. The van der Waals surface area contributed by atoms with Crippen LogP contribution in [0, 0.1) is 17.6 Å². The number of carbonyl (C=O) groups excluding carboxylic acids is 1. The van der Waals surface area contributed by atoms with Crippen LogP contribution in [-0.4, -0.2) is 17.3 Å². The monoisotopic (exact) mass is 301 g/mol. The van der Waals surface area contributed by atoms with Crippen LogP contribution in [0.5, 0.6) is 0 Å².